The first-order valence-corrected chi connectivity index (χ1v) is 8.33. The number of nitrogens with two attached hydrogens (primary N) is 1. The van der Waals surface area contributed by atoms with E-state index in [1.54, 1.807) is 6.20 Å². The zero-order valence-corrected chi connectivity index (χ0v) is 13.5. The lowest BCUT2D eigenvalue weighted by Gasteiger charge is -2.20. The van der Waals surface area contributed by atoms with Gasteiger partial charge in [-0.2, -0.15) is 0 Å². The number of rotatable bonds is 7. The van der Waals surface area contributed by atoms with E-state index in [2.05, 4.69) is 54.5 Å². The van der Waals surface area contributed by atoms with E-state index in [9.17, 15) is 0 Å². The highest BCUT2D eigenvalue weighted by atomic mass is 32.2. The molecule has 3 N–H and O–H groups in total. The third kappa shape index (κ3) is 4.48. The number of benzene rings is 1. The molecule has 0 aliphatic carbocycles. The van der Waals surface area contributed by atoms with Gasteiger partial charge in [0, 0.05) is 28.5 Å². The van der Waals surface area contributed by atoms with Crippen LogP contribution in [0.3, 0.4) is 0 Å². The molecule has 0 fully saturated rings. The van der Waals surface area contributed by atoms with Crippen LogP contribution in [-0.2, 0) is 0 Å². The Hall–Kier alpha value is -1.52. The number of hydrogen-bond acceptors (Lipinski definition) is 4. The van der Waals surface area contributed by atoms with Crippen molar-refractivity contribution in [2.75, 3.05) is 18.0 Å². The summed E-state index contributed by atoms with van der Waals surface area (Å²) in [6.07, 6.45) is 2.84. The fraction of sp³-hybridized carbons (Fsp3) is 0.353. The summed E-state index contributed by atoms with van der Waals surface area (Å²) in [6.45, 7) is 5.30. The average molecular weight is 301 g/mol. The monoisotopic (exact) mass is 301 g/mol. The Morgan fingerprint density at radius 1 is 1.24 bits per heavy atom. The summed E-state index contributed by atoms with van der Waals surface area (Å²) in [4.78, 5) is 5.53. The molecular weight excluding hydrogens is 278 g/mol. The molecule has 112 valence electrons. The number of nitrogens with zero attached hydrogens (tertiary/aromatic N) is 1. The fourth-order valence-electron chi connectivity index (χ4n) is 2.19. The van der Waals surface area contributed by atoms with Crippen LogP contribution in [-0.4, -0.2) is 17.3 Å². The molecule has 0 saturated carbocycles. The van der Waals surface area contributed by atoms with Crippen LogP contribution < -0.4 is 11.1 Å². The van der Waals surface area contributed by atoms with Crippen LogP contribution in [0.4, 0.5) is 5.82 Å². The highest BCUT2D eigenvalue weighted by Crippen LogP contribution is 2.28. The van der Waals surface area contributed by atoms with E-state index >= 15 is 0 Å². The van der Waals surface area contributed by atoms with Gasteiger partial charge in [0.15, 0.2) is 0 Å². The van der Waals surface area contributed by atoms with E-state index in [4.69, 9.17) is 5.73 Å². The molecule has 0 aliphatic rings. The second kappa shape index (κ2) is 8.05. The molecule has 2 aromatic rings. The van der Waals surface area contributed by atoms with Crippen molar-refractivity contribution in [1.82, 2.24) is 10.3 Å². The van der Waals surface area contributed by atoms with Crippen LogP contribution in [0.15, 0.2) is 47.5 Å². The molecule has 0 spiro atoms. The van der Waals surface area contributed by atoms with Crippen molar-refractivity contribution < 1.29 is 0 Å². The summed E-state index contributed by atoms with van der Waals surface area (Å²) < 4.78 is 0. The Bertz CT molecular complexity index is 571. The Morgan fingerprint density at radius 3 is 2.76 bits per heavy atom. The quantitative estimate of drug-likeness (QED) is 0.764. The van der Waals surface area contributed by atoms with E-state index in [0.29, 0.717) is 5.82 Å². The average Bonchev–Trinajstić information content (AvgIpc) is 2.50. The van der Waals surface area contributed by atoms with Crippen molar-refractivity contribution in [3.05, 3.63) is 53.7 Å². The van der Waals surface area contributed by atoms with Crippen LogP contribution in [0.25, 0.3) is 0 Å². The van der Waals surface area contributed by atoms with E-state index in [1.807, 2.05) is 17.8 Å². The van der Waals surface area contributed by atoms with Gasteiger partial charge in [0.2, 0.25) is 0 Å². The normalized spacial score (nSPS) is 12.3. The summed E-state index contributed by atoms with van der Waals surface area (Å²) in [5.41, 5.74) is 8.44. The lowest BCUT2D eigenvalue weighted by Crippen LogP contribution is -2.25. The molecule has 1 aromatic carbocycles. The van der Waals surface area contributed by atoms with Crippen molar-refractivity contribution in [2.45, 2.75) is 31.2 Å². The zero-order valence-electron chi connectivity index (χ0n) is 12.7. The largest absolute Gasteiger partial charge is 0.383 e. The third-order valence-corrected chi connectivity index (χ3v) is 4.66. The molecule has 1 heterocycles. The predicted octanol–water partition coefficient (Wildman–Crippen LogP) is 3.81. The molecular formula is C17H23N3S. The van der Waals surface area contributed by atoms with Crippen LogP contribution in [0.5, 0.6) is 0 Å². The highest BCUT2D eigenvalue weighted by molar-refractivity contribution is 7.99. The van der Waals surface area contributed by atoms with E-state index in [1.165, 1.54) is 10.5 Å². The smallest absolute Gasteiger partial charge is 0.128 e. The molecule has 0 aliphatic heterocycles. The van der Waals surface area contributed by atoms with Crippen molar-refractivity contribution in [3.63, 3.8) is 0 Å². The van der Waals surface area contributed by atoms with Gasteiger partial charge < -0.3 is 11.1 Å². The zero-order chi connectivity index (χ0) is 15.1. The third-order valence-electron chi connectivity index (χ3n) is 3.39. The molecule has 0 saturated heterocycles. The second-order valence-corrected chi connectivity index (χ2v) is 6.12. The van der Waals surface area contributed by atoms with E-state index in [0.717, 1.165) is 24.3 Å². The lowest BCUT2D eigenvalue weighted by molar-refractivity contribution is 0.577. The van der Waals surface area contributed by atoms with Gasteiger partial charge in [-0.3, -0.25) is 0 Å². The van der Waals surface area contributed by atoms with Gasteiger partial charge in [0.1, 0.15) is 5.82 Å². The van der Waals surface area contributed by atoms with E-state index < -0.39 is 0 Å². The van der Waals surface area contributed by atoms with Crippen LogP contribution in [0, 0.1) is 6.92 Å². The second-order valence-electron chi connectivity index (χ2n) is 5.06. The Kier molecular flexibility index (Phi) is 6.08. The number of pyridine rings is 1. The lowest BCUT2D eigenvalue weighted by atomic mass is 10.1. The van der Waals surface area contributed by atoms with Gasteiger partial charge in [-0.05, 0) is 37.6 Å². The molecule has 0 bridgehead atoms. The minimum atomic E-state index is 0.225. The van der Waals surface area contributed by atoms with Crippen LogP contribution in [0.1, 0.15) is 30.5 Å². The first-order valence-electron chi connectivity index (χ1n) is 7.34. The number of aryl methyl sites for hydroxylation is 1. The summed E-state index contributed by atoms with van der Waals surface area (Å²) in [5.74, 6) is 1.57. The molecule has 1 aromatic heterocycles. The Labute approximate surface area is 131 Å². The Morgan fingerprint density at radius 2 is 2.05 bits per heavy atom. The number of nitrogens with one attached hydrogen (secondary N) is 1. The topological polar surface area (TPSA) is 50.9 Å². The van der Waals surface area contributed by atoms with Gasteiger partial charge in [-0.15, -0.1) is 11.8 Å². The number of thioether (sulfide) groups is 1. The molecule has 1 unspecified atom stereocenters. The van der Waals surface area contributed by atoms with Gasteiger partial charge >= 0.3 is 0 Å². The van der Waals surface area contributed by atoms with Gasteiger partial charge in [0.05, 0.1) is 0 Å². The molecule has 2 rings (SSSR count). The van der Waals surface area contributed by atoms with E-state index in [-0.39, 0.29) is 6.04 Å². The van der Waals surface area contributed by atoms with Gasteiger partial charge in [0.25, 0.3) is 0 Å². The maximum absolute atomic E-state index is 6.03. The summed E-state index contributed by atoms with van der Waals surface area (Å²) in [7, 11) is 0. The molecule has 21 heavy (non-hydrogen) atoms. The van der Waals surface area contributed by atoms with Crippen molar-refractivity contribution in [3.8, 4) is 0 Å². The maximum atomic E-state index is 6.03. The summed E-state index contributed by atoms with van der Waals surface area (Å²) >= 11 is 1.86. The number of aromatic nitrogens is 1. The first-order chi connectivity index (χ1) is 10.2. The molecule has 4 heteroatoms. The van der Waals surface area contributed by atoms with Crippen molar-refractivity contribution in [2.24, 2.45) is 0 Å². The summed E-state index contributed by atoms with van der Waals surface area (Å²) in [6, 6.07) is 12.7. The summed E-state index contributed by atoms with van der Waals surface area (Å²) in [5, 5.41) is 3.58. The maximum Gasteiger partial charge on any atom is 0.128 e. The Balaban J connectivity index is 2.10. The van der Waals surface area contributed by atoms with Gasteiger partial charge in [-0.25, -0.2) is 4.98 Å². The molecule has 0 amide bonds. The number of anilines is 1. The molecule has 0 radical (unpaired) electrons. The number of nitrogen functional groups attached to an aromatic ring is 1. The number of hydrogen-bond donors (Lipinski definition) is 2. The van der Waals surface area contributed by atoms with Crippen LogP contribution >= 0.6 is 11.8 Å². The van der Waals surface area contributed by atoms with Crippen molar-refractivity contribution in [1.29, 1.82) is 0 Å². The minimum absolute atomic E-state index is 0.225. The van der Waals surface area contributed by atoms with Gasteiger partial charge in [-0.1, -0.05) is 31.2 Å². The predicted molar refractivity (Wildman–Crippen MR) is 91.6 cm³/mol. The van der Waals surface area contributed by atoms with Crippen LogP contribution in [0.2, 0.25) is 0 Å². The fourth-order valence-corrected chi connectivity index (χ4v) is 3.31. The first kappa shape index (κ1) is 15.9. The molecule has 3 nitrogen and oxygen atoms in total. The minimum Gasteiger partial charge on any atom is -0.383 e. The SMILES string of the molecule is CCCNC(CSc1ccccc1C)c1cccnc1N. The highest BCUT2D eigenvalue weighted by Gasteiger charge is 2.15. The molecule has 1 atom stereocenters. The van der Waals surface area contributed by atoms with Crippen molar-refractivity contribution >= 4 is 17.6 Å². The standard InChI is InChI=1S/C17H23N3S/c1-3-10-19-15(14-8-6-11-20-17(14)18)12-21-16-9-5-4-7-13(16)2/h4-9,11,15,19H,3,10,12H2,1-2H3,(H2,18,20).